The van der Waals surface area contributed by atoms with Crippen molar-refractivity contribution >= 4 is 55.6 Å². The summed E-state index contributed by atoms with van der Waals surface area (Å²) in [6.45, 7) is 0. The Kier molecular flexibility index (Phi) is 5.99. The van der Waals surface area contributed by atoms with Gasteiger partial charge in [-0.1, -0.05) is 39.7 Å². The van der Waals surface area contributed by atoms with E-state index in [0.717, 1.165) is 10.0 Å². The van der Waals surface area contributed by atoms with Gasteiger partial charge in [0.25, 0.3) is 0 Å². The van der Waals surface area contributed by atoms with Crippen LogP contribution in [0.5, 0.6) is 5.75 Å². The molecule has 114 valence electrons. The predicted octanol–water partition coefficient (Wildman–Crippen LogP) is 4.26. The summed E-state index contributed by atoms with van der Waals surface area (Å²) < 4.78 is 1.32. The highest BCUT2D eigenvalue weighted by molar-refractivity contribution is 9.11. The lowest BCUT2D eigenvalue weighted by Gasteiger charge is -2.03. The first-order chi connectivity index (χ1) is 10.5. The average molecular weight is 447 g/mol. The minimum atomic E-state index is -0.240. The Hall–Kier alpha value is -1.37. The first-order valence-electron chi connectivity index (χ1n) is 6.20. The fourth-order valence-corrected chi connectivity index (χ4v) is 2.88. The lowest BCUT2D eigenvalue weighted by molar-refractivity contribution is -0.120. The largest absolute Gasteiger partial charge is 0.507 e. The molecule has 2 N–H and O–H groups in total. The summed E-state index contributed by atoms with van der Waals surface area (Å²) in [5.41, 5.74) is 3.93. The van der Waals surface area contributed by atoms with Gasteiger partial charge in [-0.15, -0.1) is 0 Å². The van der Waals surface area contributed by atoms with Crippen molar-refractivity contribution in [3.63, 3.8) is 0 Å². The number of nitrogens with one attached hydrogen (secondary N) is 1. The first kappa shape index (κ1) is 17.0. The number of nitrogens with zero attached hydrogens (tertiary/aromatic N) is 1. The van der Waals surface area contributed by atoms with E-state index in [0.29, 0.717) is 15.1 Å². The number of phenols is 1. The Morgan fingerprint density at radius 1 is 1.23 bits per heavy atom. The zero-order chi connectivity index (χ0) is 16.1. The molecule has 0 fully saturated rings. The maximum absolute atomic E-state index is 11.8. The summed E-state index contributed by atoms with van der Waals surface area (Å²) in [4.78, 5) is 11.8. The second-order valence-electron chi connectivity index (χ2n) is 4.42. The topological polar surface area (TPSA) is 61.7 Å². The average Bonchev–Trinajstić information content (AvgIpc) is 2.47. The molecule has 0 saturated heterocycles. The number of hydrogen-bond acceptors (Lipinski definition) is 3. The van der Waals surface area contributed by atoms with Gasteiger partial charge < -0.3 is 5.11 Å². The van der Waals surface area contributed by atoms with Crippen LogP contribution < -0.4 is 5.43 Å². The van der Waals surface area contributed by atoms with Gasteiger partial charge in [0.05, 0.1) is 17.1 Å². The molecular formula is C15H11Br2ClN2O2. The number of phenolic OH excluding ortho intramolecular Hbond substituents is 1. The van der Waals surface area contributed by atoms with Gasteiger partial charge in [0.1, 0.15) is 5.75 Å². The van der Waals surface area contributed by atoms with Crippen LogP contribution >= 0.6 is 43.5 Å². The Balaban J connectivity index is 1.96. The molecule has 0 aromatic heterocycles. The van der Waals surface area contributed by atoms with Gasteiger partial charge in [-0.3, -0.25) is 4.79 Å². The molecule has 0 unspecified atom stereocenters. The molecule has 0 aliphatic heterocycles. The van der Waals surface area contributed by atoms with E-state index in [1.165, 1.54) is 12.3 Å². The smallest absolute Gasteiger partial charge is 0.244 e. The molecule has 2 aromatic carbocycles. The van der Waals surface area contributed by atoms with Crippen molar-refractivity contribution in [3.8, 4) is 5.75 Å². The van der Waals surface area contributed by atoms with Crippen molar-refractivity contribution in [3.05, 3.63) is 61.5 Å². The fraction of sp³-hybridized carbons (Fsp3) is 0.0667. The van der Waals surface area contributed by atoms with Crippen LogP contribution in [0.1, 0.15) is 11.1 Å². The highest BCUT2D eigenvalue weighted by Crippen LogP contribution is 2.29. The van der Waals surface area contributed by atoms with Crippen LogP contribution in [-0.4, -0.2) is 17.2 Å². The Labute approximate surface area is 149 Å². The summed E-state index contributed by atoms with van der Waals surface area (Å²) in [6, 6.07) is 10.3. The molecule has 0 aliphatic rings. The zero-order valence-corrected chi connectivity index (χ0v) is 15.1. The third kappa shape index (κ3) is 4.83. The third-order valence-corrected chi connectivity index (χ3v) is 4.31. The number of halogens is 3. The van der Waals surface area contributed by atoms with Gasteiger partial charge >= 0.3 is 0 Å². The van der Waals surface area contributed by atoms with E-state index in [2.05, 4.69) is 42.4 Å². The quantitative estimate of drug-likeness (QED) is 0.545. The number of benzene rings is 2. The van der Waals surface area contributed by atoms with Crippen LogP contribution in [0, 0.1) is 0 Å². The van der Waals surface area contributed by atoms with Crippen LogP contribution in [0.3, 0.4) is 0 Å². The first-order valence-corrected chi connectivity index (χ1v) is 8.16. The summed E-state index contributed by atoms with van der Waals surface area (Å²) in [5.74, 6) is -0.145. The van der Waals surface area contributed by atoms with E-state index in [1.54, 1.807) is 30.3 Å². The molecule has 0 radical (unpaired) electrons. The number of amides is 1. The van der Waals surface area contributed by atoms with Gasteiger partial charge in [-0.25, -0.2) is 5.43 Å². The van der Waals surface area contributed by atoms with E-state index in [4.69, 9.17) is 11.6 Å². The molecular weight excluding hydrogens is 435 g/mol. The normalized spacial score (nSPS) is 10.9. The minimum Gasteiger partial charge on any atom is -0.507 e. The molecule has 2 aromatic rings. The van der Waals surface area contributed by atoms with Gasteiger partial charge in [0.2, 0.25) is 5.91 Å². The van der Waals surface area contributed by atoms with Gasteiger partial charge in [0.15, 0.2) is 0 Å². The van der Waals surface area contributed by atoms with E-state index in [9.17, 15) is 9.90 Å². The lowest BCUT2D eigenvalue weighted by Crippen LogP contribution is -2.19. The van der Waals surface area contributed by atoms with Crippen molar-refractivity contribution in [2.45, 2.75) is 6.42 Å². The SMILES string of the molecule is O=C(Cc1ccc(Cl)cc1)NN=Cc1cc(O)c(Br)cc1Br. The van der Waals surface area contributed by atoms with Gasteiger partial charge in [-0.2, -0.15) is 5.10 Å². The molecule has 7 heteroatoms. The molecule has 0 spiro atoms. The zero-order valence-electron chi connectivity index (χ0n) is 11.2. The number of carbonyl (C=O) groups excluding carboxylic acids is 1. The number of hydrazone groups is 1. The highest BCUT2D eigenvalue weighted by Gasteiger charge is 2.05. The fourth-order valence-electron chi connectivity index (χ4n) is 1.65. The van der Waals surface area contributed by atoms with Gasteiger partial charge in [-0.05, 0) is 45.8 Å². The molecule has 0 atom stereocenters. The van der Waals surface area contributed by atoms with Crippen LogP contribution in [0.4, 0.5) is 0 Å². The number of carbonyl (C=O) groups is 1. The summed E-state index contributed by atoms with van der Waals surface area (Å²) in [6.07, 6.45) is 1.66. The molecule has 4 nitrogen and oxygen atoms in total. The van der Waals surface area contributed by atoms with Gasteiger partial charge in [0, 0.05) is 15.1 Å². The number of hydrogen-bond donors (Lipinski definition) is 2. The van der Waals surface area contributed by atoms with Crippen molar-refractivity contribution in [2.75, 3.05) is 0 Å². The number of aromatic hydroxyl groups is 1. The van der Waals surface area contributed by atoms with Crippen LogP contribution in [0.2, 0.25) is 5.02 Å². The second kappa shape index (κ2) is 7.76. The molecule has 1 amide bonds. The Morgan fingerprint density at radius 2 is 1.91 bits per heavy atom. The number of rotatable bonds is 4. The van der Waals surface area contributed by atoms with Crippen molar-refractivity contribution in [1.29, 1.82) is 0 Å². The van der Waals surface area contributed by atoms with Crippen molar-refractivity contribution < 1.29 is 9.90 Å². The molecule has 0 heterocycles. The Bertz CT molecular complexity index is 718. The van der Waals surface area contributed by atoms with Crippen LogP contribution in [0.25, 0.3) is 0 Å². The standard InChI is InChI=1S/C15H11Br2ClN2O2/c16-12-7-13(17)14(21)6-10(12)8-19-20-15(22)5-9-1-3-11(18)4-2-9/h1-4,6-8,21H,5H2,(H,20,22). The summed E-state index contributed by atoms with van der Waals surface area (Å²) in [5, 5.41) is 14.1. The van der Waals surface area contributed by atoms with E-state index >= 15 is 0 Å². The third-order valence-electron chi connectivity index (χ3n) is 2.74. The maximum Gasteiger partial charge on any atom is 0.244 e. The lowest BCUT2D eigenvalue weighted by atomic mass is 10.1. The molecule has 0 aliphatic carbocycles. The minimum absolute atomic E-state index is 0.0946. The highest BCUT2D eigenvalue weighted by atomic mass is 79.9. The Morgan fingerprint density at radius 3 is 2.59 bits per heavy atom. The molecule has 2 rings (SSSR count). The maximum atomic E-state index is 11.8. The second-order valence-corrected chi connectivity index (χ2v) is 6.57. The molecule has 0 bridgehead atoms. The van der Waals surface area contributed by atoms with E-state index in [-0.39, 0.29) is 18.1 Å². The summed E-state index contributed by atoms with van der Waals surface area (Å²) in [7, 11) is 0. The molecule has 22 heavy (non-hydrogen) atoms. The van der Waals surface area contributed by atoms with Crippen molar-refractivity contribution in [2.24, 2.45) is 5.10 Å². The molecule has 0 saturated carbocycles. The predicted molar refractivity (Wildman–Crippen MR) is 94.4 cm³/mol. The van der Waals surface area contributed by atoms with E-state index in [1.807, 2.05) is 0 Å². The van der Waals surface area contributed by atoms with Crippen LogP contribution in [0.15, 0.2) is 50.4 Å². The van der Waals surface area contributed by atoms with Crippen molar-refractivity contribution in [1.82, 2.24) is 5.43 Å². The van der Waals surface area contributed by atoms with Crippen LogP contribution in [-0.2, 0) is 11.2 Å². The van der Waals surface area contributed by atoms with E-state index < -0.39 is 0 Å². The monoisotopic (exact) mass is 444 g/mol. The summed E-state index contributed by atoms with van der Waals surface area (Å²) >= 11 is 12.3.